The van der Waals surface area contributed by atoms with Crippen molar-refractivity contribution in [2.24, 2.45) is 0 Å². The number of H-pyrrole nitrogens is 1. The molecule has 0 atom stereocenters. The van der Waals surface area contributed by atoms with E-state index in [2.05, 4.69) is 16.3 Å². The zero-order valence-corrected chi connectivity index (χ0v) is 12.5. The second-order valence-electron chi connectivity index (χ2n) is 4.27. The molecular formula is C14H16N4O2S. The summed E-state index contributed by atoms with van der Waals surface area (Å²) in [6.45, 7) is 3.10. The molecule has 2 rings (SSSR count). The molecule has 110 valence electrons. The number of hydrogen-bond acceptors (Lipinski definition) is 5. The van der Waals surface area contributed by atoms with E-state index in [1.807, 2.05) is 13.0 Å². The highest BCUT2D eigenvalue weighted by atomic mass is 32.2. The van der Waals surface area contributed by atoms with E-state index in [1.54, 1.807) is 22.8 Å². The van der Waals surface area contributed by atoms with Gasteiger partial charge in [0, 0.05) is 12.3 Å². The van der Waals surface area contributed by atoms with E-state index in [4.69, 9.17) is 10.00 Å². The van der Waals surface area contributed by atoms with E-state index in [0.29, 0.717) is 35.4 Å². The molecule has 2 aromatic rings. The monoisotopic (exact) mass is 304 g/mol. The Morgan fingerprint density at radius 3 is 3.05 bits per heavy atom. The van der Waals surface area contributed by atoms with Gasteiger partial charge in [0.25, 0.3) is 0 Å². The maximum atomic E-state index is 11.5. The molecule has 1 heterocycles. The van der Waals surface area contributed by atoms with Gasteiger partial charge in [0.2, 0.25) is 0 Å². The second-order valence-corrected chi connectivity index (χ2v) is 5.33. The average Bonchev–Trinajstić information content (AvgIpc) is 2.85. The maximum Gasteiger partial charge on any atom is 0.343 e. The van der Waals surface area contributed by atoms with Crippen LogP contribution in [0.4, 0.5) is 0 Å². The van der Waals surface area contributed by atoms with Crippen molar-refractivity contribution in [1.82, 2.24) is 14.8 Å². The van der Waals surface area contributed by atoms with E-state index < -0.39 is 0 Å². The Kier molecular flexibility index (Phi) is 5.46. The van der Waals surface area contributed by atoms with Gasteiger partial charge in [-0.1, -0.05) is 30.8 Å². The van der Waals surface area contributed by atoms with Crippen LogP contribution in [0.1, 0.15) is 18.9 Å². The van der Waals surface area contributed by atoms with Crippen LogP contribution < -0.4 is 10.4 Å². The van der Waals surface area contributed by atoms with E-state index >= 15 is 0 Å². The molecule has 0 aliphatic rings. The highest BCUT2D eigenvalue weighted by molar-refractivity contribution is 7.99. The summed E-state index contributed by atoms with van der Waals surface area (Å²) in [6.07, 6.45) is 0.874. The fourth-order valence-electron chi connectivity index (χ4n) is 1.80. The van der Waals surface area contributed by atoms with Crippen molar-refractivity contribution in [3.8, 4) is 11.8 Å². The fraction of sp³-hybridized carbons (Fsp3) is 0.357. The molecule has 0 aliphatic heterocycles. The predicted molar refractivity (Wildman–Crippen MR) is 80.5 cm³/mol. The molecule has 0 unspecified atom stereocenters. The van der Waals surface area contributed by atoms with Gasteiger partial charge < -0.3 is 4.74 Å². The first kappa shape index (κ1) is 15.2. The minimum Gasteiger partial charge on any atom is -0.491 e. The SMILES string of the molecule is CCCn1c(SCCOc2ccccc2C#N)n[nH]c1=O. The number of aromatic amines is 1. The van der Waals surface area contributed by atoms with Crippen LogP contribution in [0.15, 0.2) is 34.2 Å². The molecule has 6 nitrogen and oxygen atoms in total. The maximum absolute atomic E-state index is 11.5. The first-order valence-corrected chi connectivity index (χ1v) is 7.64. The van der Waals surface area contributed by atoms with Gasteiger partial charge in [-0.25, -0.2) is 9.89 Å². The fourth-order valence-corrected chi connectivity index (χ4v) is 2.59. The van der Waals surface area contributed by atoms with Crippen LogP contribution in [-0.2, 0) is 6.54 Å². The van der Waals surface area contributed by atoms with Gasteiger partial charge in [-0.05, 0) is 18.6 Å². The van der Waals surface area contributed by atoms with Crippen molar-refractivity contribution in [2.45, 2.75) is 25.0 Å². The summed E-state index contributed by atoms with van der Waals surface area (Å²) in [5.74, 6) is 1.22. The van der Waals surface area contributed by atoms with Crippen LogP contribution in [0, 0.1) is 11.3 Å². The molecule has 7 heteroatoms. The number of rotatable bonds is 7. The second kappa shape index (κ2) is 7.55. The molecular weight excluding hydrogens is 288 g/mol. The lowest BCUT2D eigenvalue weighted by Gasteiger charge is -2.07. The zero-order valence-electron chi connectivity index (χ0n) is 11.7. The van der Waals surface area contributed by atoms with Crippen molar-refractivity contribution < 1.29 is 4.74 Å². The summed E-state index contributed by atoms with van der Waals surface area (Å²) in [5.41, 5.74) is 0.334. The van der Waals surface area contributed by atoms with Crippen molar-refractivity contribution in [2.75, 3.05) is 12.4 Å². The van der Waals surface area contributed by atoms with Crippen LogP contribution in [-0.4, -0.2) is 27.1 Å². The van der Waals surface area contributed by atoms with E-state index in [1.165, 1.54) is 11.8 Å². The van der Waals surface area contributed by atoms with Crippen LogP contribution in [0.25, 0.3) is 0 Å². The third-order valence-electron chi connectivity index (χ3n) is 2.75. The molecule has 1 aromatic heterocycles. The Balaban J connectivity index is 1.88. The molecule has 0 saturated carbocycles. The summed E-state index contributed by atoms with van der Waals surface area (Å²) in [6, 6.07) is 9.20. The molecule has 0 aliphatic carbocycles. The van der Waals surface area contributed by atoms with E-state index in [-0.39, 0.29) is 5.69 Å². The van der Waals surface area contributed by atoms with Crippen molar-refractivity contribution >= 4 is 11.8 Å². The summed E-state index contributed by atoms with van der Waals surface area (Å²) in [4.78, 5) is 11.5. The lowest BCUT2D eigenvalue weighted by Crippen LogP contribution is -2.17. The lowest BCUT2D eigenvalue weighted by molar-refractivity contribution is 0.343. The first-order chi connectivity index (χ1) is 10.3. The summed E-state index contributed by atoms with van der Waals surface area (Å²) >= 11 is 1.45. The molecule has 1 N–H and O–H groups in total. The van der Waals surface area contributed by atoms with Crippen LogP contribution in [0.2, 0.25) is 0 Å². The number of nitrogens with one attached hydrogen (secondary N) is 1. The third-order valence-corrected chi connectivity index (χ3v) is 3.69. The molecule has 0 spiro atoms. The number of benzene rings is 1. The highest BCUT2D eigenvalue weighted by Crippen LogP contribution is 2.18. The molecule has 21 heavy (non-hydrogen) atoms. The van der Waals surface area contributed by atoms with Crippen molar-refractivity contribution in [3.63, 3.8) is 0 Å². The van der Waals surface area contributed by atoms with Gasteiger partial charge >= 0.3 is 5.69 Å². The number of nitrogens with zero attached hydrogens (tertiary/aromatic N) is 3. The number of para-hydroxylation sites is 1. The quantitative estimate of drug-likeness (QED) is 0.625. The molecule has 0 bridgehead atoms. The number of hydrogen-bond donors (Lipinski definition) is 1. The van der Waals surface area contributed by atoms with Crippen molar-refractivity contribution in [3.05, 3.63) is 40.3 Å². The molecule has 0 saturated heterocycles. The number of ether oxygens (including phenoxy) is 1. The molecule has 0 amide bonds. The highest BCUT2D eigenvalue weighted by Gasteiger charge is 2.08. The summed E-state index contributed by atoms with van der Waals surface area (Å²) in [5, 5.41) is 16.1. The Morgan fingerprint density at radius 1 is 1.48 bits per heavy atom. The summed E-state index contributed by atoms with van der Waals surface area (Å²) < 4.78 is 7.21. The number of aromatic nitrogens is 3. The largest absolute Gasteiger partial charge is 0.491 e. The van der Waals surface area contributed by atoms with Gasteiger partial charge in [-0.2, -0.15) is 5.26 Å². The average molecular weight is 304 g/mol. The first-order valence-electron chi connectivity index (χ1n) is 6.66. The Hall–Kier alpha value is -2.20. The standard InChI is InChI=1S/C14H16N4O2S/c1-2-7-18-13(19)16-17-14(18)21-9-8-20-12-6-4-3-5-11(12)10-15/h3-6H,2,7-9H2,1H3,(H,16,19). The van der Waals surface area contributed by atoms with Gasteiger partial charge in [0.05, 0.1) is 12.2 Å². The van der Waals surface area contributed by atoms with Crippen LogP contribution in [0.5, 0.6) is 5.75 Å². The lowest BCUT2D eigenvalue weighted by atomic mass is 10.2. The Morgan fingerprint density at radius 2 is 2.29 bits per heavy atom. The minimum absolute atomic E-state index is 0.185. The normalized spacial score (nSPS) is 10.3. The third kappa shape index (κ3) is 3.89. The number of nitriles is 1. The summed E-state index contributed by atoms with van der Waals surface area (Å²) in [7, 11) is 0. The smallest absolute Gasteiger partial charge is 0.343 e. The molecule has 1 aromatic carbocycles. The number of thioether (sulfide) groups is 1. The van der Waals surface area contributed by atoms with Gasteiger partial charge in [0.15, 0.2) is 5.16 Å². The van der Waals surface area contributed by atoms with E-state index in [0.717, 1.165) is 6.42 Å². The van der Waals surface area contributed by atoms with Crippen molar-refractivity contribution in [1.29, 1.82) is 5.26 Å². The van der Waals surface area contributed by atoms with Crippen LogP contribution in [0.3, 0.4) is 0 Å². The van der Waals surface area contributed by atoms with Gasteiger partial charge in [-0.15, -0.1) is 5.10 Å². The molecule has 0 radical (unpaired) electrons. The minimum atomic E-state index is -0.185. The molecule has 0 fully saturated rings. The zero-order chi connectivity index (χ0) is 15.1. The Bertz CT molecular complexity index is 687. The van der Waals surface area contributed by atoms with Gasteiger partial charge in [-0.3, -0.25) is 4.57 Å². The predicted octanol–water partition coefficient (Wildman–Crippen LogP) is 2.02. The van der Waals surface area contributed by atoms with Crippen LogP contribution >= 0.6 is 11.8 Å². The Labute approximate surface area is 126 Å². The van der Waals surface area contributed by atoms with E-state index in [9.17, 15) is 4.79 Å². The topological polar surface area (TPSA) is 83.7 Å². The van der Waals surface area contributed by atoms with Gasteiger partial charge in [0.1, 0.15) is 11.8 Å².